The third kappa shape index (κ3) is 2.25. The lowest BCUT2D eigenvalue weighted by atomic mass is 10.1. The molecule has 1 aliphatic carbocycles. The van der Waals surface area contributed by atoms with Crippen LogP contribution in [-0.2, 0) is 9.53 Å². The van der Waals surface area contributed by atoms with E-state index in [-0.39, 0.29) is 18.6 Å². The van der Waals surface area contributed by atoms with Crippen LogP contribution in [0, 0.1) is 0 Å². The van der Waals surface area contributed by atoms with E-state index in [1.54, 1.807) is 4.90 Å². The highest BCUT2D eigenvalue weighted by molar-refractivity contribution is 5.78. The molecule has 18 heavy (non-hydrogen) atoms. The Morgan fingerprint density at radius 3 is 2.94 bits per heavy atom. The van der Waals surface area contributed by atoms with Crippen molar-refractivity contribution in [1.82, 2.24) is 19.9 Å². The van der Waals surface area contributed by atoms with Crippen molar-refractivity contribution in [3.63, 3.8) is 0 Å². The first-order valence-corrected chi connectivity index (χ1v) is 6.55. The van der Waals surface area contributed by atoms with Crippen LogP contribution in [0.2, 0.25) is 0 Å². The second-order valence-corrected chi connectivity index (χ2v) is 4.99. The van der Waals surface area contributed by atoms with Gasteiger partial charge in [-0.1, -0.05) is 5.21 Å². The van der Waals surface area contributed by atoms with E-state index < -0.39 is 0 Å². The van der Waals surface area contributed by atoms with Gasteiger partial charge in [0.15, 0.2) is 0 Å². The Balaban J connectivity index is 1.50. The molecule has 1 amide bonds. The molecule has 6 heteroatoms. The molecule has 0 spiro atoms. The molecule has 1 saturated carbocycles. The molecule has 0 bridgehead atoms. The topological polar surface area (TPSA) is 60.2 Å². The first-order chi connectivity index (χ1) is 8.78. The number of amides is 1. The third-order valence-corrected chi connectivity index (χ3v) is 3.54. The average Bonchev–Trinajstić information content (AvgIpc) is 3.05. The summed E-state index contributed by atoms with van der Waals surface area (Å²) in [6.45, 7) is 4.10. The summed E-state index contributed by atoms with van der Waals surface area (Å²) in [6, 6.07) is 0.288. The van der Waals surface area contributed by atoms with E-state index in [0.29, 0.717) is 12.5 Å². The van der Waals surface area contributed by atoms with E-state index in [9.17, 15) is 4.79 Å². The second-order valence-electron chi connectivity index (χ2n) is 4.99. The highest BCUT2D eigenvalue weighted by Gasteiger charge is 2.34. The van der Waals surface area contributed by atoms with Crippen molar-refractivity contribution in [3.05, 3.63) is 11.9 Å². The molecule has 1 aliphatic heterocycles. The van der Waals surface area contributed by atoms with Crippen molar-refractivity contribution in [3.8, 4) is 0 Å². The van der Waals surface area contributed by atoms with Gasteiger partial charge in [0.2, 0.25) is 5.91 Å². The highest BCUT2D eigenvalue weighted by atomic mass is 16.5. The van der Waals surface area contributed by atoms with Crippen LogP contribution in [0.25, 0.3) is 0 Å². The number of ether oxygens (including phenoxy) is 1. The molecule has 2 aliphatic rings. The van der Waals surface area contributed by atoms with Gasteiger partial charge >= 0.3 is 0 Å². The van der Waals surface area contributed by atoms with Crippen LogP contribution in [0.3, 0.4) is 0 Å². The minimum atomic E-state index is 0.0654. The molecule has 3 rings (SSSR count). The number of carbonyl (C=O) groups excluding carboxylic acids is 1. The van der Waals surface area contributed by atoms with Gasteiger partial charge in [-0.15, -0.1) is 5.10 Å². The number of carbonyl (C=O) groups is 1. The quantitative estimate of drug-likeness (QED) is 0.766. The smallest absolute Gasteiger partial charge is 0.248 e. The van der Waals surface area contributed by atoms with Gasteiger partial charge in [0, 0.05) is 31.8 Å². The predicted molar refractivity (Wildman–Crippen MR) is 64.1 cm³/mol. The molecule has 1 aromatic rings. The number of likely N-dealkylation sites (tertiary alicyclic amines) is 1. The fourth-order valence-corrected chi connectivity index (χ4v) is 2.14. The maximum Gasteiger partial charge on any atom is 0.248 e. The van der Waals surface area contributed by atoms with Crippen LogP contribution < -0.4 is 0 Å². The van der Waals surface area contributed by atoms with Crippen LogP contribution >= 0.6 is 0 Å². The average molecular weight is 250 g/mol. The lowest BCUT2D eigenvalue weighted by Crippen LogP contribution is -2.52. The number of hydrogen-bond donors (Lipinski definition) is 0. The molecule has 98 valence electrons. The van der Waals surface area contributed by atoms with E-state index >= 15 is 0 Å². The maximum absolute atomic E-state index is 11.6. The van der Waals surface area contributed by atoms with Crippen LogP contribution in [0.1, 0.15) is 37.4 Å². The summed E-state index contributed by atoms with van der Waals surface area (Å²) >= 11 is 0. The molecule has 0 aromatic carbocycles. The zero-order valence-electron chi connectivity index (χ0n) is 10.6. The van der Waals surface area contributed by atoms with Crippen molar-refractivity contribution in [2.24, 2.45) is 0 Å². The van der Waals surface area contributed by atoms with Gasteiger partial charge in [0.05, 0.1) is 11.7 Å². The molecule has 1 saturated heterocycles. The van der Waals surface area contributed by atoms with E-state index in [1.807, 2.05) is 17.8 Å². The Morgan fingerprint density at radius 1 is 1.50 bits per heavy atom. The SMILES string of the molecule is CCOCC(=O)N1CC(n2cc(C3CC3)nn2)C1. The zero-order chi connectivity index (χ0) is 12.5. The molecule has 0 atom stereocenters. The first kappa shape index (κ1) is 11.6. The standard InChI is InChI=1S/C12H18N4O2/c1-2-18-8-12(17)15-5-10(6-15)16-7-11(13-14-16)9-3-4-9/h7,9-10H,2-6,8H2,1H3. The van der Waals surface area contributed by atoms with Gasteiger partial charge < -0.3 is 9.64 Å². The fraction of sp³-hybridized carbons (Fsp3) is 0.750. The molecular formula is C12H18N4O2. The summed E-state index contributed by atoms with van der Waals surface area (Å²) in [5.41, 5.74) is 1.11. The van der Waals surface area contributed by atoms with Crippen molar-refractivity contribution in [1.29, 1.82) is 0 Å². The number of rotatable bonds is 5. The van der Waals surface area contributed by atoms with E-state index in [4.69, 9.17) is 4.74 Å². The molecule has 6 nitrogen and oxygen atoms in total. The molecule has 2 fully saturated rings. The van der Waals surface area contributed by atoms with Gasteiger partial charge in [0.25, 0.3) is 0 Å². The number of aromatic nitrogens is 3. The Bertz CT molecular complexity index is 435. The highest BCUT2D eigenvalue weighted by Crippen LogP contribution is 2.39. The lowest BCUT2D eigenvalue weighted by Gasteiger charge is -2.38. The van der Waals surface area contributed by atoms with Gasteiger partial charge in [0.1, 0.15) is 6.61 Å². The van der Waals surface area contributed by atoms with Crippen molar-refractivity contribution in [2.75, 3.05) is 26.3 Å². The van der Waals surface area contributed by atoms with Gasteiger partial charge in [-0.2, -0.15) is 0 Å². The molecule has 1 aromatic heterocycles. The third-order valence-electron chi connectivity index (χ3n) is 3.54. The maximum atomic E-state index is 11.6. The summed E-state index contributed by atoms with van der Waals surface area (Å²) in [5.74, 6) is 0.699. The van der Waals surface area contributed by atoms with E-state index in [1.165, 1.54) is 12.8 Å². The van der Waals surface area contributed by atoms with Crippen LogP contribution in [-0.4, -0.2) is 52.1 Å². The first-order valence-electron chi connectivity index (χ1n) is 6.55. The second kappa shape index (κ2) is 4.68. The minimum Gasteiger partial charge on any atom is -0.372 e. The van der Waals surface area contributed by atoms with Crippen LogP contribution in [0.4, 0.5) is 0 Å². The largest absolute Gasteiger partial charge is 0.372 e. The molecular weight excluding hydrogens is 232 g/mol. The predicted octanol–water partition coefficient (Wildman–Crippen LogP) is 0.575. The zero-order valence-corrected chi connectivity index (χ0v) is 10.6. The summed E-state index contributed by atoms with van der Waals surface area (Å²) in [5, 5.41) is 8.34. The summed E-state index contributed by atoms with van der Waals surface area (Å²) in [7, 11) is 0. The van der Waals surface area contributed by atoms with Gasteiger partial charge in [-0.25, -0.2) is 4.68 Å². The summed E-state index contributed by atoms with van der Waals surface area (Å²) < 4.78 is 7.01. The van der Waals surface area contributed by atoms with Gasteiger partial charge in [-0.05, 0) is 19.8 Å². The Labute approximate surface area is 106 Å². The van der Waals surface area contributed by atoms with E-state index in [0.717, 1.165) is 18.8 Å². The molecule has 0 N–H and O–H groups in total. The van der Waals surface area contributed by atoms with E-state index in [2.05, 4.69) is 10.3 Å². The summed E-state index contributed by atoms with van der Waals surface area (Å²) in [4.78, 5) is 13.4. The van der Waals surface area contributed by atoms with Crippen molar-refractivity contribution < 1.29 is 9.53 Å². The minimum absolute atomic E-state index is 0.0654. The van der Waals surface area contributed by atoms with Crippen LogP contribution in [0.15, 0.2) is 6.20 Å². The number of nitrogens with zero attached hydrogens (tertiary/aromatic N) is 4. The van der Waals surface area contributed by atoms with Crippen molar-refractivity contribution in [2.45, 2.75) is 31.7 Å². The van der Waals surface area contributed by atoms with Crippen molar-refractivity contribution >= 4 is 5.91 Å². The number of hydrogen-bond acceptors (Lipinski definition) is 4. The van der Waals surface area contributed by atoms with Crippen LogP contribution in [0.5, 0.6) is 0 Å². The molecule has 0 radical (unpaired) electrons. The lowest BCUT2D eigenvalue weighted by molar-refractivity contribution is -0.142. The van der Waals surface area contributed by atoms with Gasteiger partial charge in [-0.3, -0.25) is 4.79 Å². The molecule has 0 unspecified atom stereocenters. The molecule has 2 heterocycles. The Morgan fingerprint density at radius 2 is 2.28 bits per heavy atom. The fourth-order valence-electron chi connectivity index (χ4n) is 2.14. The Kier molecular flexibility index (Phi) is 3.03. The normalized spacial score (nSPS) is 19.9. The summed E-state index contributed by atoms with van der Waals surface area (Å²) in [6.07, 6.45) is 4.51. The monoisotopic (exact) mass is 250 g/mol. The Hall–Kier alpha value is -1.43.